The first-order chi connectivity index (χ1) is 4.09. The van der Waals surface area contributed by atoms with E-state index in [9.17, 15) is 4.79 Å². The van der Waals surface area contributed by atoms with E-state index in [0.29, 0.717) is 11.6 Å². The minimum atomic E-state index is -0.375. The highest BCUT2D eigenvalue weighted by atomic mass is 31.1. The van der Waals surface area contributed by atoms with Crippen molar-refractivity contribution in [1.29, 1.82) is 0 Å². The highest BCUT2D eigenvalue weighted by Gasteiger charge is 2.15. The molecule has 52 valence electrons. The zero-order valence-electron chi connectivity index (χ0n) is 5.72. The molecule has 0 amide bonds. The highest BCUT2D eigenvalue weighted by Crippen LogP contribution is 2.24. The van der Waals surface area contributed by atoms with Crippen molar-refractivity contribution in [2.45, 2.75) is 0 Å². The van der Waals surface area contributed by atoms with Crippen LogP contribution in [0.2, 0.25) is 0 Å². The van der Waals surface area contributed by atoms with E-state index in [1.54, 1.807) is 0 Å². The van der Waals surface area contributed by atoms with Crippen molar-refractivity contribution in [2.75, 3.05) is 19.5 Å². The van der Waals surface area contributed by atoms with Crippen LogP contribution in [-0.2, 0) is 4.79 Å². The molecular weight excluding hydrogens is 152 g/mol. The lowest BCUT2D eigenvalue weighted by molar-refractivity contribution is -0.130. The number of rotatable bonds is 3. The predicted octanol–water partition coefficient (Wildman–Crippen LogP) is -0.670. The summed E-state index contributed by atoms with van der Waals surface area (Å²) in [7, 11) is 1.99. The first-order valence-electron chi connectivity index (χ1n) is 2.62. The number of nitrogens with two attached hydrogens (primary N) is 1. The van der Waals surface area contributed by atoms with E-state index in [2.05, 4.69) is 9.24 Å². The zero-order chi connectivity index (χ0) is 7.44. The Morgan fingerprint density at radius 2 is 2.11 bits per heavy atom. The fraction of sp³-hybridized carbons (Fsp3) is 0.600. The molecular formula is C5H12NOP2+. The van der Waals surface area contributed by atoms with Gasteiger partial charge in [-0.3, -0.25) is 10.2 Å². The monoisotopic (exact) mass is 164 g/mol. The summed E-state index contributed by atoms with van der Waals surface area (Å²) in [6.45, 7) is 3.95. The molecule has 0 heterocycles. The van der Waals surface area contributed by atoms with Gasteiger partial charge in [0, 0.05) is 6.16 Å². The normalized spacial score (nSPS) is 9.78. The van der Waals surface area contributed by atoms with Crippen molar-refractivity contribution in [3.05, 3.63) is 0 Å². The van der Waals surface area contributed by atoms with Crippen LogP contribution in [0.25, 0.3) is 0 Å². The van der Waals surface area contributed by atoms with Gasteiger partial charge in [0.25, 0.3) is 0 Å². The summed E-state index contributed by atoms with van der Waals surface area (Å²) in [5.74, 6) is 0.0658. The number of carbonyl (C=O) groups is 1. The Bertz CT molecular complexity index is 133. The van der Waals surface area contributed by atoms with Gasteiger partial charge in [-0.05, 0) is 21.3 Å². The Morgan fingerprint density at radius 3 is 2.22 bits per heavy atom. The fourth-order valence-corrected chi connectivity index (χ4v) is 1.34. The minimum Gasteiger partial charge on any atom is -0.287 e. The molecule has 0 aromatic carbocycles. The quantitative estimate of drug-likeness (QED) is 0.436. The van der Waals surface area contributed by atoms with Gasteiger partial charge in [0.05, 0.1) is 0 Å². The largest absolute Gasteiger partial charge is 0.287 e. The van der Waals surface area contributed by atoms with E-state index in [0.717, 1.165) is 0 Å². The third-order valence-corrected chi connectivity index (χ3v) is 2.54. The first-order valence-corrected chi connectivity index (χ1v) is 5.68. The van der Waals surface area contributed by atoms with Crippen LogP contribution in [0.3, 0.4) is 0 Å². The predicted molar refractivity (Wildman–Crippen MR) is 45.3 cm³/mol. The molecule has 2 N–H and O–H groups in total. The SMILES string of the molecule is CP(C)C(=[NH2+])C(=O)CP. The van der Waals surface area contributed by atoms with Gasteiger partial charge in [-0.1, -0.05) is 0 Å². The molecule has 0 aliphatic rings. The smallest absolute Gasteiger partial charge is 0.236 e. The molecule has 0 saturated heterocycles. The van der Waals surface area contributed by atoms with Crippen LogP contribution in [0.5, 0.6) is 0 Å². The van der Waals surface area contributed by atoms with Gasteiger partial charge in [0.15, 0.2) is 0 Å². The molecule has 2 nitrogen and oxygen atoms in total. The minimum absolute atomic E-state index is 0.0658. The van der Waals surface area contributed by atoms with E-state index >= 15 is 0 Å². The van der Waals surface area contributed by atoms with Gasteiger partial charge >= 0.3 is 0 Å². The summed E-state index contributed by atoms with van der Waals surface area (Å²) in [6.07, 6.45) is 0.451. The Morgan fingerprint density at radius 1 is 1.67 bits per heavy atom. The van der Waals surface area contributed by atoms with Gasteiger partial charge in [-0.2, -0.15) is 0 Å². The second kappa shape index (κ2) is 4.09. The number of Topliss-reactive ketones (excluding diaryl/α,β-unsaturated/α-hetero) is 1. The van der Waals surface area contributed by atoms with Crippen LogP contribution < -0.4 is 5.41 Å². The molecule has 0 aromatic rings. The molecule has 4 heteroatoms. The molecule has 1 atom stereocenters. The van der Waals surface area contributed by atoms with Gasteiger partial charge in [-0.25, -0.2) is 0 Å². The molecule has 0 bridgehead atoms. The van der Waals surface area contributed by atoms with Crippen LogP contribution in [0, 0.1) is 0 Å². The molecule has 0 aliphatic heterocycles. The van der Waals surface area contributed by atoms with Crippen LogP contribution >= 0.6 is 17.2 Å². The van der Waals surface area contributed by atoms with E-state index in [1.165, 1.54) is 0 Å². The topological polar surface area (TPSA) is 42.7 Å². The molecule has 0 aliphatic carbocycles. The maximum atomic E-state index is 10.8. The third-order valence-electron chi connectivity index (χ3n) is 0.953. The molecule has 0 radical (unpaired) electrons. The van der Waals surface area contributed by atoms with Crippen LogP contribution in [-0.4, -0.2) is 30.7 Å². The maximum absolute atomic E-state index is 10.8. The summed E-state index contributed by atoms with van der Waals surface area (Å²) in [5, 5.41) is 5.45. The van der Waals surface area contributed by atoms with E-state index in [4.69, 9.17) is 5.41 Å². The average molecular weight is 164 g/mol. The molecule has 9 heavy (non-hydrogen) atoms. The summed E-state index contributed by atoms with van der Waals surface area (Å²) in [5.41, 5.74) is 0.542. The lowest BCUT2D eigenvalue weighted by Gasteiger charge is -1.96. The van der Waals surface area contributed by atoms with Gasteiger partial charge in [-0.15, -0.1) is 9.24 Å². The van der Waals surface area contributed by atoms with Crippen molar-refractivity contribution >= 4 is 28.4 Å². The number of hydrogen-bond acceptors (Lipinski definition) is 1. The second-order valence-electron chi connectivity index (χ2n) is 1.91. The number of carbonyl (C=O) groups excluding carboxylic acids is 1. The van der Waals surface area contributed by atoms with Crippen LogP contribution in [0.4, 0.5) is 0 Å². The summed E-state index contributed by atoms with van der Waals surface area (Å²) in [6, 6.07) is 0. The molecule has 0 rings (SSSR count). The van der Waals surface area contributed by atoms with E-state index in [-0.39, 0.29) is 13.7 Å². The molecule has 0 saturated carbocycles. The molecule has 0 fully saturated rings. The van der Waals surface area contributed by atoms with Gasteiger partial charge < -0.3 is 0 Å². The number of hydrogen-bond donors (Lipinski definition) is 1. The summed E-state index contributed by atoms with van der Waals surface area (Å²) in [4.78, 5) is 10.8. The Balaban J connectivity index is 3.89. The van der Waals surface area contributed by atoms with E-state index < -0.39 is 0 Å². The van der Waals surface area contributed by atoms with E-state index in [1.807, 2.05) is 13.3 Å². The molecule has 0 spiro atoms. The lowest BCUT2D eigenvalue weighted by Crippen LogP contribution is -2.43. The Hall–Kier alpha value is 0.200. The van der Waals surface area contributed by atoms with Gasteiger partial charge in [0.2, 0.25) is 11.2 Å². The van der Waals surface area contributed by atoms with Crippen LogP contribution in [0.1, 0.15) is 0 Å². The summed E-state index contributed by atoms with van der Waals surface area (Å²) >= 11 is 0. The Kier molecular flexibility index (Phi) is 4.18. The third kappa shape index (κ3) is 3.03. The van der Waals surface area contributed by atoms with Crippen molar-refractivity contribution in [3.63, 3.8) is 0 Å². The number of ketones is 1. The maximum Gasteiger partial charge on any atom is 0.236 e. The average Bonchev–Trinajstić information content (AvgIpc) is 1.84. The zero-order valence-corrected chi connectivity index (χ0v) is 7.77. The van der Waals surface area contributed by atoms with Crippen molar-refractivity contribution in [2.24, 2.45) is 0 Å². The van der Waals surface area contributed by atoms with Crippen molar-refractivity contribution in [1.82, 2.24) is 0 Å². The lowest BCUT2D eigenvalue weighted by atomic mass is 10.5. The highest BCUT2D eigenvalue weighted by molar-refractivity contribution is 7.76. The standard InChI is InChI=1S/C5H11NOP2/c1-9(2)5(6)4(7)3-8/h6H,3,8H2,1-2H3/p+1. The van der Waals surface area contributed by atoms with Gasteiger partial charge in [0.1, 0.15) is 0 Å². The second-order valence-corrected chi connectivity index (χ2v) is 4.59. The first kappa shape index (κ1) is 9.20. The Labute approximate surface area is 58.9 Å². The fourth-order valence-electron chi connectivity index (χ4n) is 0.354. The van der Waals surface area contributed by atoms with Crippen molar-refractivity contribution < 1.29 is 10.2 Å². The molecule has 0 aromatic heterocycles. The summed E-state index contributed by atoms with van der Waals surface area (Å²) < 4.78 is 0. The molecule has 1 unspecified atom stereocenters. The van der Waals surface area contributed by atoms with Crippen LogP contribution in [0.15, 0.2) is 0 Å². The van der Waals surface area contributed by atoms with Crippen molar-refractivity contribution in [3.8, 4) is 0 Å².